The van der Waals surface area contributed by atoms with E-state index in [0.29, 0.717) is 6.04 Å². The van der Waals surface area contributed by atoms with Crippen molar-refractivity contribution in [3.63, 3.8) is 0 Å². The quantitative estimate of drug-likeness (QED) is 0.552. The summed E-state index contributed by atoms with van der Waals surface area (Å²) in [7, 11) is 4.39. The van der Waals surface area contributed by atoms with Crippen LogP contribution in [0.1, 0.15) is 19.3 Å². The predicted molar refractivity (Wildman–Crippen MR) is 72.9 cm³/mol. The largest absolute Gasteiger partial charge is 0.501 e. The lowest BCUT2D eigenvalue weighted by Crippen LogP contribution is -2.53. The summed E-state index contributed by atoms with van der Waals surface area (Å²) in [6.07, 6.45) is 5.15. The molecule has 5 nitrogen and oxygen atoms in total. The van der Waals surface area contributed by atoms with Crippen molar-refractivity contribution in [3.05, 3.63) is 11.8 Å². The van der Waals surface area contributed by atoms with Crippen LogP contribution in [0.15, 0.2) is 11.8 Å². The Kier molecular flexibility index (Phi) is 5.00. The van der Waals surface area contributed by atoms with Gasteiger partial charge in [0.15, 0.2) is 0 Å². The number of rotatable bonds is 4. The van der Waals surface area contributed by atoms with E-state index in [4.69, 9.17) is 10.6 Å². The number of nitrogens with zero attached hydrogens (tertiary/aromatic N) is 2. The maximum absolute atomic E-state index is 5.72. The van der Waals surface area contributed by atoms with Crippen molar-refractivity contribution in [2.45, 2.75) is 31.3 Å². The van der Waals surface area contributed by atoms with Crippen LogP contribution in [0.3, 0.4) is 0 Å². The summed E-state index contributed by atoms with van der Waals surface area (Å²) in [6, 6.07) is 0.803. The average molecular weight is 254 g/mol. The second-order valence-corrected chi connectivity index (χ2v) is 5.52. The lowest BCUT2D eigenvalue weighted by molar-refractivity contribution is 0.102. The second-order valence-electron chi connectivity index (χ2n) is 5.52. The van der Waals surface area contributed by atoms with Gasteiger partial charge < -0.3 is 14.5 Å². The van der Waals surface area contributed by atoms with Crippen LogP contribution in [-0.2, 0) is 4.74 Å². The number of nitrogens with one attached hydrogen (secondary N) is 1. The summed E-state index contributed by atoms with van der Waals surface area (Å²) in [5.74, 6) is 5.72. The third kappa shape index (κ3) is 3.45. The Labute approximate surface area is 110 Å². The van der Waals surface area contributed by atoms with E-state index < -0.39 is 0 Å². The van der Waals surface area contributed by atoms with Gasteiger partial charge in [0.05, 0.1) is 12.9 Å². The van der Waals surface area contributed by atoms with Crippen LogP contribution in [0.2, 0.25) is 0 Å². The number of hydrogen-bond acceptors (Lipinski definition) is 5. The van der Waals surface area contributed by atoms with Gasteiger partial charge in [-0.25, -0.2) is 0 Å². The van der Waals surface area contributed by atoms with Crippen molar-refractivity contribution in [1.29, 1.82) is 0 Å². The third-order valence-corrected chi connectivity index (χ3v) is 4.10. The monoisotopic (exact) mass is 254 g/mol. The van der Waals surface area contributed by atoms with E-state index in [0.717, 1.165) is 45.5 Å². The normalized spacial score (nSPS) is 28.6. The summed E-state index contributed by atoms with van der Waals surface area (Å²) in [4.78, 5) is 4.83. The molecule has 3 N–H and O–H groups in total. The van der Waals surface area contributed by atoms with Crippen molar-refractivity contribution >= 4 is 0 Å². The molecule has 2 rings (SSSR count). The SMILES string of the molecule is CN1CCN(C)C(CC(NN)C2=COCCC2)C1. The molecule has 0 aliphatic carbocycles. The number of piperazine rings is 1. The van der Waals surface area contributed by atoms with Crippen molar-refractivity contribution < 1.29 is 4.74 Å². The number of ether oxygens (including phenoxy) is 1. The zero-order valence-electron chi connectivity index (χ0n) is 11.6. The molecular weight excluding hydrogens is 228 g/mol. The molecule has 2 heterocycles. The molecule has 2 atom stereocenters. The summed E-state index contributed by atoms with van der Waals surface area (Å²) in [5, 5.41) is 0. The van der Waals surface area contributed by atoms with Crippen molar-refractivity contribution in [1.82, 2.24) is 15.2 Å². The first-order chi connectivity index (χ1) is 8.70. The molecule has 5 heteroatoms. The Morgan fingerprint density at radius 1 is 1.50 bits per heavy atom. The van der Waals surface area contributed by atoms with Gasteiger partial charge in [-0.2, -0.15) is 0 Å². The molecule has 104 valence electrons. The van der Waals surface area contributed by atoms with Gasteiger partial charge in [0, 0.05) is 31.7 Å². The van der Waals surface area contributed by atoms with Gasteiger partial charge in [-0.1, -0.05) is 0 Å². The molecule has 1 saturated heterocycles. The minimum absolute atomic E-state index is 0.240. The van der Waals surface area contributed by atoms with Crippen LogP contribution in [0.25, 0.3) is 0 Å². The number of hydrazine groups is 1. The molecule has 0 spiro atoms. The first-order valence-corrected chi connectivity index (χ1v) is 6.86. The fourth-order valence-electron chi connectivity index (χ4n) is 2.80. The Bertz CT molecular complexity index is 295. The highest BCUT2D eigenvalue weighted by atomic mass is 16.5. The maximum Gasteiger partial charge on any atom is 0.0876 e. The van der Waals surface area contributed by atoms with E-state index in [1.807, 2.05) is 6.26 Å². The van der Waals surface area contributed by atoms with Crippen LogP contribution >= 0.6 is 0 Å². The molecule has 18 heavy (non-hydrogen) atoms. The lowest BCUT2D eigenvalue weighted by Gasteiger charge is -2.39. The summed E-state index contributed by atoms with van der Waals surface area (Å²) in [5.41, 5.74) is 4.27. The van der Waals surface area contributed by atoms with Gasteiger partial charge in [0.2, 0.25) is 0 Å². The molecule has 0 amide bonds. The van der Waals surface area contributed by atoms with E-state index in [1.165, 1.54) is 5.57 Å². The topological polar surface area (TPSA) is 53.8 Å². The number of nitrogens with two attached hydrogens (primary N) is 1. The van der Waals surface area contributed by atoms with Gasteiger partial charge in [-0.15, -0.1) is 0 Å². The molecule has 2 aliphatic heterocycles. The van der Waals surface area contributed by atoms with E-state index in [9.17, 15) is 0 Å². The summed E-state index contributed by atoms with van der Waals surface area (Å²) < 4.78 is 5.42. The number of hydrogen-bond donors (Lipinski definition) is 2. The molecule has 0 bridgehead atoms. The molecule has 2 unspecified atom stereocenters. The highest BCUT2D eigenvalue weighted by molar-refractivity contribution is 5.10. The standard InChI is InChI=1S/C13H26N4O/c1-16-5-6-17(2)12(9-16)8-13(15-14)11-4-3-7-18-10-11/h10,12-13,15H,3-9,14H2,1-2H3. The van der Waals surface area contributed by atoms with E-state index >= 15 is 0 Å². The van der Waals surface area contributed by atoms with E-state index in [1.54, 1.807) is 0 Å². The zero-order valence-corrected chi connectivity index (χ0v) is 11.6. The highest BCUT2D eigenvalue weighted by Gasteiger charge is 2.27. The summed E-state index contributed by atoms with van der Waals surface area (Å²) >= 11 is 0. The lowest BCUT2D eigenvalue weighted by atomic mass is 9.95. The maximum atomic E-state index is 5.72. The summed E-state index contributed by atoms with van der Waals surface area (Å²) in [6.45, 7) is 4.24. The van der Waals surface area contributed by atoms with Crippen molar-refractivity contribution in [3.8, 4) is 0 Å². The minimum Gasteiger partial charge on any atom is -0.501 e. The Balaban J connectivity index is 1.94. The minimum atomic E-state index is 0.240. The van der Waals surface area contributed by atoms with E-state index in [-0.39, 0.29) is 6.04 Å². The fraction of sp³-hybridized carbons (Fsp3) is 0.846. The molecule has 0 saturated carbocycles. The first-order valence-electron chi connectivity index (χ1n) is 6.86. The zero-order chi connectivity index (χ0) is 13.0. The van der Waals surface area contributed by atoms with E-state index in [2.05, 4.69) is 29.3 Å². The number of likely N-dealkylation sites (N-methyl/N-ethyl adjacent to an activating group) is 2. The van der Waals surface area contributed by atoms with Crippen LogP contribution in [0.4, 0.5) is 0 Å². The predicted octanol–water partition coefficient (Wildman–Crippen LogP) is 0.149. The van der Waals surface area contributed by atoms with Crippen LogP contribution in [-0.4, -0.2) is 62.2 Å². The van der Waals surface area contributed by atoms with Gasteiger partial charge in [0.25, 0.3) is 0 Å². The smallest absolute Gasteiger partial charge is 0.0876 e. The second kappa shape index (κ2) is 6.52. The first kappa shape index (κ1) is 13.8. The van der Waals surface area contributed by atoms with Crippen molar-refractivity contribution in [2.24, 2.45) is 5.84 Å². The highest BCUT2D eigenvalue weighted by Crippen LogP contribution is 2.21. The molecule has 1 fully saturated rings. The van der Waals surface area contributed by atoms with Crippen LogP contribution < -0.4 is 11.3 Å². The van der Waals surface area contributed by atoms with Gasteiger partial charge in [-0.05, 0) is 38.9 Å². The average Bonchev–Trinajstić information content (AvgIpc) is 2.41. The van der Waals surface area contributed by atoms with Crippen LogP contribution in [0.5, 0.6) is 0 Å². The molecule has 0 aromatic rings. The Morgan fingerprint density at radius 2 is 2.33 bits per heavy atom. The fourth-order valence-corrected chi connectivity index (χ4v) is 2.80. The molecule has 0 aromatic heterocycles. The molecule has 0 radical (unpaired) electrons. The Morgan fingerprint density at radius 3 is 3.00 bits per heavy atom. The molecular formula is C13H26N4O. The van der Waals surface area contributed by atoms with Crippen LogP contribution in [0, 0.1) is 0 Å². The molecule has 2 aliphatic rings. The van der Waals surface area contributed by atoms with Gasteiger partial charge in [-0.3, -0.25) is 11.3 Å². The molecule has 0 aromatic carbocycles. The van der Waals surface area contributed by atoms with Crippen molar-refractivity contribution in [2.75, 3.05) is 40.3 Å². The van der Waals surface area contributed by atoms with Gasteiger partial charge >= 0.3 is 0 Å². The van der Waals surface area contributed by atoms with Gasteiger partial charge in [0.1, 0.15) is 0 Å². The third-order valence-electron chi connectivity index (χ3n) is 4.10. The Hall–Kier alpha value is -0.620.